The summed E-state index contributed by atoms with van der Waals surface area (Å²) in [7, 11) is 0. The number of carbonyl (C=O) groups excluding carboxylic acids is 1. The Balaban J connectivity index is 1.76. The van der Waals surface area contributed by atoms with Gasteiger partial charge in [0.25, 0.3) is 0 Å². The van der Waals surface area contributed by atoms with Crippen LogP contribution >= 0.6 is 11.3 Å². The molecule has 1 aromatic rings. The molecule has 1 heterocycles. The van der Waals surface area contributed by atoms with Gasteiger partial charge in [-0.1, -0.05) is 6.92 Å². The van der Waals surface area contributed by atoms with E-state index >= 15 is 0 Å². The summed E-state index contributed by atoms with van der Waals surface area (Å²) >= 11 is 1.38. The Morgan fingerprint density at radius 3 is 2.65 bits per heavy atom. The van der Waals surface area contributed by atoms with Crippen LogP contribution in [0.1, 0.15) is 47.0 Å². The van der Waals surface area contributed by atoms with Gasteiger partial charge in [-0.3, -0.25) is 4.79 Å². The number of hydrogen-bond acceptors (Lipinski definition) is 3. The number of carboxylic acid groups (broad SMARTS) is 1. The lowest BCUT2D eigenvalue weighted by atomic mass is 10.1. The number of aryl methyl sites for hydroxylation is 1. The quantitative estimate of drug-likeness (QED) is 0.875. The van der Waals surface area contributed by atoms with Gasteiger partial charge in [0.05, 0.1) is 5.56 Å². The Bertz CT molecular complexity index is 574. The van der Waals surface area contributed by atoms with Crippen molar-refractivity contribution >= 4 is 28.2 Å². The van der Waals surface area contributed by atoms with Crippen LogP contribution in [-0.2, 0) is 11.2 Å². The van der Waals surface area contributed by atoms with Gasteiger partial charge in [-0.2, -0.15) is 0 Å². The maximum absolute atomic E-state index is 12.2. The number of nitrogens with one attached hydrogen (secondary N) is 1. The summed E-state index contributed by atoms with van der Waals surface area (Å²) in [5.74, 6) is 0.469. The smallest absolute Gasteiger partial charge is 0.339 e. The summed E-state index contributed by atoms with van der Waals surface area (Å²) in [5.41, 5.74) is 1.12. The van der Waals surface area contributed by atoms with E-state index in [-0.39, 0.29) is 17.4 Å². The molecule has 2 saturated carbocycles. The minimum Gasteiger partial charge on any atom is -0.478 e. The standard InChI is InChI=1S/C15H19NO3S/c1-3-9-7(2)20-14(12(9)15(18)19)16-13(17)11-6-10(11)8-4-5-8/h8,10-11H,3-6H2,1-2H3,(H,16,17)(H,18,19). The highest BCUT2D eigenvalue weighted by molar-refractivity contribution is 7.16. The number of anilines is 1. The van der Waals surface area contributed by atoms with E-state index in [4.69, 9.17) is 0 Å². The number of carbonyl (C=O) groups is 2. The monoisotopic (exact) mass is 293 g/mol. The molecule has 3 rings (SSSR count). The molecule has 2 N–H and O–H groups in total. The Kier molecular flexibility index (Phi) is 3.32. The van der Waals surface area contributed by atoms with Gasteiger partial charge < -0.3 is 10.4 Å². The Morgan fingerprint density at radius 1 is 1.40 bits per heavy atom. The lowest BCUT2D eigenvalue weighted by Gasteiger charge is -2.04. The topological polar surface area (TPSA) is 66.4 Å². The predicted octanol–water partition coefficient (Wildman–Crippen LogP) is 3.30. The van der Waals surface area contributed by atoms with Crippen LogP contribution in [0.4, 0.5) is 5.00 Å². The third kappa shape index (κ3) is 2.35. The molecule has 20 heavy (non-hydrogen) atoms. The number of hydrogen-bond donors (Lipinski definition) is 2. The van der Waals surface area contributed by atoms with Crippen molar-refractivity contribution in [2.75, 3.05) is 5.32 Å². The van der Waals surface area contributed by atoms with Gasteiger partial charge in [-0.05, 0) is 50.0 Å². The van der Waals surface area contributed by atoms with Crippen LogP contribution in [0, 0.1) is 24.7 Å². The van der Waals surface area contributed by atoms with Gasteiger partial charge in [-0.25, -0.2) is 4.79 Å². The normalized spacial score (nSPS) is 24.5. The summed E-state index contributed by atoms with van der Waals surface area (Å²) in [6, 6.07) is 0. The van der Waals surface area contributed by atoms with Crippen molar-refractivity contribution in [1.82, 2.24) is 0 Å². The molecule has 0 aromatic carbocycles. The van der Waals surface area contributed by atoms with Crippen molar-refractivity contribution in [2.45, 2.75) is 39.5 Å². The van der Waals surface area contributed by atoms with Crippen molar-refractivity contribution in [1.29, 1.82) is 0 Å². The van der Waals surface area contributed by atoms with Gasteiger partial charge in [0.15, 0.2) is 0 Å². The second kappa shape index (κ2) is 4.88. The first-order valence-corrected chi connectivity index (χ1v) is 8.01. The molecule has 2 fully saturated rings. The summed E-state index contributed by atoms with van der Waals surface area (Å²) in [5, 5.41) is 12.7. The largest absolute Gasteiger partial charge is 0.478 e. The lowest BCUT2D eigenvalue weighted by Crippen LogP contribution is -2.16. The minimum atomic E-state index is -0.948. The van der Waals surface area contributed by atoms with Crippen LogP contribution in [0.25, 0.3) is 0 Å². The molecular formula is C15H19NO3S. The van der Waals surface area contributed by atoms with Crippen molar-refractivity contribution < 1.29 is 14.7 Å². The van der Waals surface area contributed by atoms with Crippen LogP contribution in [-0.4, -0.2) is 17.0 Å². The predicted molar refractivity (Wildman–Crippen MR) is 78.3 cm³/mol. The molecule has 2 aliphatic carbocycles. The Morgan fingerprint density at radius 2 is 2.10 bits per heavy atom. The van der Waals surface area contributed by atoms with Gasteiger partial charge in [0.1, 0.15) is 5.00 Å². The van der Waals surface area contributed by atoms with Crippen molar-refractivity contribution in [2.24, 2.45) is 17.8 Å². The maximum Gasteiger partial charge on any atom is 0.339 e. The minimum absolute atomic E-state index is 0.00769. The molecule has 1 amide bonds. The first-order valence-electron chi connectivity index (χ1n) is 7.19. The molecule has 0 spiro atoms. The highest BCUT2D eigenvalue weighted by atomic mass is 32.1. The number of thiophene rings is 1. The van der Waals surface area contributed by atoms with E-state index in [1.165, 1.54) is 24.2 Å². The van der Waals surface area contributed by atoms with E-state index in [9.17, 15) is 14.7 Å². The molecule has 5 heteroatoms. The maximum atomic E-state index is 12.2. The van der Waals surface area contributed by atoms with E-state index < -0.39 is 5.97 Å². The van der Waals surface area contributed by atoms with Crippen LogP contribution in [0.15, 0.2) is 0 Å². The van der Waals surface area contributed by atoms with Crippen LogP contribution < -0.4 is 5.32 Å². The highest BCUT2D eigenvalue weighted by Gasteiger charge is 2.51. The Labute approximate surface area is 122 Å². The fourth-order valence-electron chi connectivity index (χ4n) is 3.08. The first-order chi connectivity index (χ1) is 9.52. The average molecular weight is 293 g/mol. The summed E-state index contributed by atoms with van der Waals surface area (Å²) in [6.45, 7) is 3.85. The fraction of sp³-hybridized carbons (Fsp3) is 0.600. The van der Waals surface area contributed by atoms with Gasteiger partial charge >= 0.3 is 5.97 Å². The fourth-order valence-corrected chi connectivity index (χ4v) is 4.22. The molecule has 2 aliphatic rings. The Hall–Kier alpha value is -1.36. The highest BCUT2D eigenvalue weighted by Crippen LogP contribution is 2.54. The molecule has 108 valence electrons. The van der Waals surface area contributed by atoms with Crippen molar-refractivity contribution in [3.05, 3.63) is 16.0 Å². The van der Waals surface area contributed by atoms with Crippen LogP contribution in [0.5, 0.6) is 0 Å². The van der Waals surface area contributed by atoms with Gasteiger partial charge in [-0.15, -0.1) is 11.3 Å². The summed E-state index contributed by atoms with van der Waals surface area (Å²) in [6.07, 6.45) is 4.16. The third-order valence-corrected chi connectivity index (χ3v) is 5.48. The van der Waals surface area contributed by atoms with E-state index in [2.05, 4.69) is 5.32 Å². The number of aromatic carboxylic acids is 1. The summed E-state index contributed by atoms with van der Waals surface area (Å²) in [4.78, 5) is 24.6. The molecule has 2 atom stereocenters. The molecule has 0 radical (unpaired) electrons. The molecule has 0 saturated heterocycles. The van der Waals surface area contributed by atoms with E-state index in [1.54, 1.807) is 0 Å². The number of rotatable bonds is 5. The van der Waals surface area contributed by atoms with Crippen LogP contribution in [0.2, 0.25) is 0 Å². The lowest BCUT2D eigenvalue weighted by molar-refractivity contribution is -0.117. The summed E-state index contributed by atoms with van der Waals surface area (Å²) < 4.78 is 0. The average Bonchev–Trinajstić information content (AvgIpc) is 3.24. The molecule has 0 aliphatic heterocycles. The number of amides is 1. The van der Waals surface area contributed by atoms with Gasteiger partial charge in [0, 0.05) is 10.8 Å². The zero-order valence-electron chi connectivity index (χ0n) is 11.7. The second-order valence-electron chi connectivity index (χ2n) is 5.83. The van der Waals surface area contributed by atoms with Crippen LogP contribution in [0.3, 0.4) is 0 Å². The zero-order chi connectivity index (χ0) is 14.4. The molecular weight excluding hydrogens is 274 g/mol. The zero-order valence-corrected chi connectivity index (χ0v) is 12.5. The van der Waals surface area contributed by atoms with E-state index in [1.807, 2.05) is 13.8 Å². The van der Waals surface area contributed by atoms with Gasteiger partial charge in [0.2, 0.25) is 5.91 Å². The third-order valence-electron chi connectivity index (χ3n) is 4.42. The first kappa shape index (κ1) is 13.6. The van der Waals surface area contributed by atoms with E-state index in [0.717, 1.165) is 22.8 Å². The molecule has 0 bridgehead atoms. The van der Waals surface area contributed by atoms with Crippen molar-refractivity contribution in [3.8, 4) is 0 Å². The van der Waals surface area contributed by atoms with Crippen molar-refractivity contribution in [3.63, 3.8) is 0 Å². The number of carboxylic acids is 1. The molecule has 4 nitrogen and oxygen atoms in total. The molecule has 2 unspecified atom stereocenters. The second-order valence-corrected chi connectivity index (χ2v) is 7.06. The molecule has 1 aromatic heterocycles. The SMILES string of the molecule is CCc1c(C)sc(NC(=O)C2CC2C2CC2)c1C(=O)O. The van der Waals surface area contributed by atoms with E-state index in [0.29, 0.717) is 17.3 Å².